The second-order valence-electron chi connectivity index (χ2n) is 10.8. The van der Waals surface area contributed by atoms with Gasteiger partial charge < -0.3 is 28.8 Å². The van der Waals surface area contributed by atoms with E-state index >= 15 is 0 Å². The number of hydrogen-bond donors (Lipinski definition) is 1. The summed E-state index contributed by atoms with van der Waals surface area (Å²) in [6.07, 6.45) is 3.02. The van der Waals surface area contributed by atoms with Crippen LogP contribution in [0.5, 0.6) is 28.7 Å². The number of anilines is 1. The summed E-state index contributed by atoms with van der Waals surface area (Å²) in [6, 6.07) is 14.7. The molecule has 0 bridgehead atoms. The molecule has 1 unspecified atom stereocenters. The van der Waals surface area contributed by atoms with Gasteiger partial charge in [-0.1, -0.05) is 37.2 Å². The quantitative estimate of drug-likeness (QED) is 0.0749. The van der Waals surface area contributed by atoms with Gasteiger partial charge in [-0.25, -0.2) is 4.98 Å². The zero-order valence-corrected chi connectivity index (χ0v) is 26.9. The van der Waals surface area contributed by atoms with Gasteiger partial charge in [0.2, 0.25) is 0 Å². The van der Waals surface area contributed by atoms with Crippen LogP contribution in [-0.4, -0.2) is 54.8 Å². The highest BCUT2D eigenvalue weighted by Gasteiger charge is 2.48. The highest BCUT2D eigenvalue weighted by Crippen LogP contribution is 2.47. The number of unbranched alkanes of at least 4 members (excludes halogenated alkanes) is 2. The predicted octanol–water partition coefficient (Wildman–Crippen LogP) is 7.06. The Bertz CT molecular complexity index is 1800. The summed E-state index contributed by atoms with van der Waals surface area (Å²) in [5, 5.41) is 12.0. The maximum absolute atomic E-state index is 13.9. The SMILES string of the molecule is CCCCCOc1ccc(C2/C(=C(/O)c3ccc4c(c3)OCCO4)C(=O)C(=O)N2c2nc3ccc(OCC)cc3s2)cc1OCC. The molecule has 4 aromatic rings. The van der Waals surface area contributed by atoms with Crippen molar-refractivity contribution in [3.05, 3.63) is 71.3 Å². The van der Waals surface area contributed by atoms with E-state index in [0.29, 0.717) is 83.6 Å². The van der Waals surface area contributed by atoms with E-state index in [-0.39, 0.29) is 11.3 Å². The van der Waals surface area contributed by atoms with Crippen LogP contribution >= 0.6 is 11.3 Å². The Morgan fingerprint density at radius 1 is 0.913 bits per heavy atom. The van der Waals surface area contributed by atoms with E-state index in [4.69, 9.17) is 28.7 Å². The number of ketones is 1. The molecule has 1 fully saturated rings. The molecule has 0 aliphatic carbocycles. The van der Waals surface area contributed by atoms with Gasteiger partial charge in [0.1, 0.15) is 24.7 Å². The lowest BCUT2D eigenvalue weighted by Crippen LogP contribution is -2.29. The largest absolute Gasteiger partial charge is 0.507 e. The number of fused-ring (bicyclic) bond motifs is 2. The number of thiazole rings is 1. The lowest BCUT2D eigenvalue weighted by atomic mass is 9.95. The summed E-state index contributed by atoms with van der Waals surface area (Å²) in [4.78, 5) is 33.8. The smallest absolute Gasteiger partial charge is 0.301 e. The molecule has 2 aliphatic rings. The van der Waals surface area contributed by atoms with Crippen molar-refractivity contribution in [2.45, 2.75) is 46.1 Å². The number of aromatic nitrogens is 1. The van der Waals surface area contributed by atoms with Crippen LogP contribution in [0.15, 0.2) is 60.2 Å². The minimum atomic E-state index is -1.01. The number of carbonyl (C=O) groups is 2. The van der Waals surface area contributed by atoms with Crippen LogP contribution in [0.3, 0.4) is 0 Å². The third-order valence-corrected chi connectivity index (χ3v) is 8.73. The molecule has 3 aromatic carbocycles. The van der Waals surface area contributed by atoms with E-state index in [2.05, 4.69) is 6.92 Å². The van der Waals surface area contributed by atoms with Gasteiger partial charge in [0.05, 0.1) is 41.7 Å². The third kappa shape index (κ3) is 6.06. The summed E-state index contributed by atoms with van der Waals surface area (Å²) < 4.78 is 29.8. The van der Waals surface area contributed by atoms with E-state index in [1.807, 2.05) is 32.0 Å². The second-order valence-corrected chi connectivity index (χ2v) is 11.8. The Labute approximate surface area is 271 Å². The van der Waals surface area contributed by atoms with Crippen molar-refractivity contribution >= 4 is 44.1 Å². The zero-order valence-electron chi connectivity index (χ0n) is 26.0. The number of Topliss-reactive ketones (excluding diaryl/α,β-unsaturated/α-hetero) is 1. The van der Waals surface area contributed by atoms with Gasteiger partial charge in [-0.3, -0.25) is 14.5 Å². The monoisotopic (exact) mass is 644 g/mol. The van der Waals surface area contributed by atoms with Crippen molar-refractivity contribution < 1.29 is 38.4 Å². The first kappa shape index (κ1) is 31.2. The number of nitrogens with zero attached hydrogens (tertiary/aromatic N) is 2. The molecule has 1 atom stereocenters. The molecule has 1 amide bonds. The van der Waals surface area contributed by atoms with Gasteiger partial charge in [0.15, 0.2) is 28.1 Å². The standard InChI is InChI=1S/C35H36N2O8S/c1-4-7-8-15-43-25-13-9-21(18-27(25)42-6-3)31-30(32(38)22-10-14-26-28(19-22)45-17-16-44-26)33(39)34(40)37(31)35-36-24-12-11-23(41-5-2)20-29(24)46-35/h9-14,18-20,31,38H,4-8,15-17H2,1-3H3/b32-30-. The molecule has 11 heteroatoms. The fourth-order valence-corrected chi connectivity index (χ4v) is 6.58. The molecular weight excluding hydrogens is 608 g/mol. The summed E-state index contributed by atoms with van der Waals surface area (Å²) in [5.74, 6) is 0.743. The van der Waals surface area contributed by atoms with Crippen LogP contribution in [0.1, 0.15) is 57.2 Å². The van der Waals surface area contributed by atoms with Crippen LogP contribution in [0.2, 0.25) is 0 Å². The van der Waals surface area contributed by atoms with E-state index in [1.165, 1.54) is 16.2 Å². The van der Waals surface area contributed by atoms with Crippen molar-refractivity contribution in [3.63, 3.8) is 0 Å². The van der Waals surface area contributed by atoms with Crippen molar-refractivity contribution in [1.82, 2.24) is 4.98 Å². The van der Waals surface area contributed by atoms with Gasteiger partial charge in [-0.05, 0) is 74.4 Å². The molecule has 240 valence electrons. The minimum absolute atomic E-state index is 0.0741. The van der Waals surface area contributed by atoms with Gasteiger partial charge >= 0.3 is 5.91 Å². The lowest BCUT2D eigenvalue weighted by Gasteiger charge is -2.24. The van der Waals surface area contributed by atoms with Gasteiger partial charge in [0, 0.05) is 5.56 Å². The predicted molar refractivity (Wildman–Crippen MR) is 176 cm³/mol. The van der Waals surface area contributed by atoms with E-state index in [9.17, 15) is 14.7 Å². The first-order valence-corrected chi connectivity index (χ1v) is 16.4. The Hall–Kier alpha value is -4.77. The average Bonchev–Trinajstić information content (AvgIpc) is 3.60. The molecule has 0 radical (unpaired) electrons. The second kappa shape index (κ2) is 13.7. The van der Waals surface area contributed by atoms with Gasteiger partial charge in [0.25, 0.3) is 5.78 Å². The van der Waals surface area contributed by atoms with Crippen LogP contribution in [0, 0.1) is 0 Å². The topological polar surface area (TPSA) is 117 Å². The first-order valence-electron chi connectivity index (χ1n) is 15.6. The first-order chi connectivity index (χ1) is 22.4. The summed E-state index contributed by atoms with van der Waals surface area (Å²) in [7, 11) is 0. The molecule has 2 aliphatic heterocycles. The van der Waals surface area contributed by atoms with Crippen molar-refractivity contribution in [2.24, 2.45) is 0 Å². The van der Waals surface area contributed by atoms with Crippen LogP contribution in [-0.2, 0) is 9.59 Å². The van der Waals surface area contributed by atoms with Gasteiger partial charge in [-0.2, -0.15) is 0 Å². The Balaban J connectivity index is 1.48. The highest BCUT2D eigenvalue weighted by molar-refractivity contribution is 7.22. The molecule has 1 N–H and O–H groups in total. The van der Waals surface area contributed by atoms with Gasteiger partial charge in [-0.15, -0.1) is 0 Å². The molecule has 10 nitrogen and oxygen atoms in total. The van der Waals surface area contributed by atoms with Crippen molar-refractivity contribution in [3.8, 4) is 28.7 Å². The van der Waals surface area contributed by atoms with Crippen molar-refractivity contribution in [1.29, 1.82) is 0 Å². The fraction of sp³-hybridized carbons (Fsp3) is 0.343. The van der Waals surface area contributed by atoms with Crippen LogP contribution in [0.4, 0.5) is 5.13 Å². The molecule has 6 rings (SSSR count). The molecule has 3 heterocycles. The normalized spacial score (nSPS) is 17.0. The number of benzene rings is 3. The van der Waals surface area contributed by atoms with Crippen molar-refractivity contribution in [2.75, 3.05) is 37.9 Å². The highest BCUT2D eigenvalue weighted by atomic mass is 32.1. The van der Waals surface area contributed by atoms with Crippen LogP contribution < -0.4 is 28.6 Å². The summed E-state index contributed by atoms with van der Waals surface area (Å²) in [6.45, 7) is 8.10. The number of hydrogen-bond acceptors (Lipinski definition) is 10. The number of carbonyl (C=O) groups excluding carboxylic acids is 2. The Kier molecular flexibility index (Phi) is 9.30. The minimum Gasteiger partial charge on any atom is -0.507 e. The average molecular weight is 645 g/mol. The zero-order chi connectivity index (χ0) is 32.2. The number of aliphatic hydroxyl groups excluding tert-OH is 1. The molecule has 0 saturated carbocycles. The molecule has 0 spiro atoms. The maximum Gasteiger partial charge on any atom is 0.301 e. The maximum atomic E-state index is 13.9. The summed E-state index contributed by atoms with van der Waals surface area (Å²) in [5.41, 5.74) is 1.45. The number of rotatable bonds is 12. The molecule has 1 aromatic heterocycles. The van der Waals surface area contributed by atoms with E-state index in [1.54, 1.807) is 36.4 Å². The Morgan fingerprint density at radius 3 is 2.50 bits per heavy atom. The molecule has 46 heavy (non-hydrogen) atoms. The number of amides is 1. The van der Waals surface area contributed by atoms with Crippen LogP contribution in [0.25, 0.3) is 16.0 Å². The Morgan fingerprint density at radius 2 is 1.72 bits per heavy atom. The van der Waals surface area contributed by atoms with E-state index in [0.717, 1.165) is 24.0 Å². The van der Waals surface area contributed by atoms with E-state index < -0.39 is 17.7 Å². The molecular formula is C35H36N2O8S. The number of ether oxygens (including phenoxy) is 5. The number of aliphatic hydroxyl groups is 1. The summed E-state index contributed by atoms with van der Waals surface area (Å²) >= 11 is 1.27. The molecule has 1 saturated heterocycles. The fourth-order valence-electron chi connectivity index (χ4n) is 5.56. The third-order valence-electron chi connectivity index (χ3n) is 7.71. The lowest BCUT2D eigenvalue weighted by molar-refractivity contribution is -0.132.